The van der Waals surface area contributed by atoms with Crippen LogP contribution in [0.4, 0.5) is 0 Å². The summed E-state index contributed by atoms with van der Waals surface area (Å²) < 4.78 is 17.2. The Kier molecular flexibility index (Phi) is 6.09. The highest BCUT2D eigenvalue weighted by atomic mass is 16.5. The summed E-state index contributed by atoms with van der Waals surface area (Å²) in [5.74, 6) is 1.39. The molecule has 0 N–H and O–H groups in total. The van der Waals surface area contributed by atoms with Crippen LogP contribution in [0.1, 0.15) is 38.2 Å². The smallest absolute Gasteiger partial charge is 0.217 e. The summed E-state index contributed by atoms with van der Waals surface area (Å²) in [5.41, 5.74) is 1.25. The van der Waals surface area contributed by atoms with Gasteiger partial charge in [0.15, 0.2) is 0 Å². The Balaban J connectivity index is 1.55. The van der Waals surface area contributed by atoms with E-state index in [0.717, 1.165) is 70.2 Å². The lowest BCUT2D eigenvalue weighted by atomic mass is 9.78. The van der Waals surface area contributed by atoms with Gasteiger partial charge in [0.05, 0.1) is 12.7 Å². The van der Waals surface area contributed by atoms with Gasteiger partial charge in [0, 0.05) is 51.2 Å². The first-order valence-corrected chi connectivity index (χ1v) is 9.19. The summed E-state index contributed by atoms with van der Waals surface area (Å²) in [6.45, 7) is 7.69. The molecule has 3 heterocycles. The lowest BCUT2D eigenvalue weighted by Crippen LogP contribution is -2.47. The maximum Gasteiger partial charge on any atom is 0.217 e. The van der Waals surface area contributed by atoms with Gasteiger partial charge in [-0.05, 0) is 44.6 Å². The number of methoxy groups -OCH3 is 1. The van der Waals surface area contributed by atoms with Gasteiger partial charge in [-0.15, -0.1) is 0 Å². The molecule has 0 bridgehead atoms. The van der Waals surface area contributed by atoms with Gasteiger partial charge in [-0.2, -0.15) is 0 Å². The molecule has 1 atom stereocenters. The Morgan fingerprint density at radius 1 is 1.38 bits per heavy atom. The van der Waals surface area contributed by atoms with Crippen LogP contribution in [0, 0.1) is 5.92 Å². The number of rotatable bonds is 7. The number of piperidine rings is 1. The van der Waals surface area contributed by atoms with Crippen LogP contribution in [0.15, 0.2) is 18.3 Å². The van der Waals surface area contributed by atoms with Gasteiger partial charge in [-0.25, -0.2) is 4.98 Å². The van der Waals surface area contributed by atoms with Crippen molar-refractivity contribution in [2.24, 2.45) is 5.92 Å². The van der Waals surface area contributed by atoms with E-state index in [4.69, 9.17) is 14.2 Å². The second-order valence-corrected chi connectivity index (χ2v) is 6.83. The van der Waals surface area contributed by atoms with Crippen LogP contribution in [0.25, 0.3) is 0 Å². The molecule has 2 aliphatic heterocycles. The quantitative estimate of drug-likeness (QED) is 0.718. The molecule has 2 aliphatic rings. The normalized spacial score (nSPS) is 23.7. The van der Waals surface area contributed by atoms with Gasteiger partial charge >= 0.3 is 0 Å². The molecule has 24 heavy (non-hydrogen) atoms. The Hall–Kier alpha value is -1.17. The van der Waals surface area contributed by atoms with Crippen LogP contribution in [0.2, 0.25) is 0 Å². The lowest BCUT2D eigenvalue weighted by molar-refractivity contribution is -0.0728. The average Bonchev–Trinajstić information content (AvgIpc) is 3.00. The molecule has 134 valence electrons. The molecule has 2 saturated heterocycles. The zero-order valence-corrected chi connectivity index (χ0v) is 15.0. The van der Waals surface area contributed by atoms with Crippen molar-refractivity contribution in [1.82, 2.24) is 9.88 Å². The molecule has 0 saturated carbocycles. The second-order valence-electron chi connectivity index (χ2n) is 6.83. The molecule has 0 aromatic carbocycles. The van der Waals surface area contributed by atoms with Gasteiger partial charge in [-0.1, -0.05) is 6.07 Å². The van der Waals surface area contributed by atoms with Crippen LogP contribution in [-0.2, 0) is 16.0 Å². The van der Waals surface area contributed by atoms with Crippen LogP contribution >= 0.6 is 0 Å². The van der Waals surface area contributed by atoms with E-state index in [-0.39, 0.29) is 5.60 Å². The maximum absolute atomic E-state index is 6.25. The predicted octanol–water partition coefficient (Wildman–Crippen LogP) is 2.89. The van der Waals surface area contributed by atoms with E-state index < -0.39 is 0 Å². The van der Waals surface area contributed by atoms with Gasteiger partial charge in [0.1, 0.15) is 0 Å². The van der Waals surface area contributed by atoms with Crippen molar-refractivity contribution in [2.45, 2.75) is 44.8 Å². The Labute approximate surface area is 145 Å². The number of hydrogen-bond donors (Lipinski definition) is 0. The molecular weight excluding hydrogens is 304 g/mol. The van der Waals surface area contributed by atoms with Gasteiger partial charge in [0.25, 0.3) is 0 Å². The molecule has 5 nitrogen and oxygen atoms in total. The Morgan fingerprint density at radius 2 is 2.21 bits per heavy atom. The first-order valence-electron chi connectivity index (χ1n) is 9.19. The van der Waals surface area contributed by atoms with Crippen LogP contribution in [-0.4, -0.2) is 55.5 Å². The highest BCUT2D eigenvalue weighted by Crippen LogP contribution is 2.42. The summed E-state index contributed by atoms with van der Waals surface area (Å²) in [6, 6.07) is 4.08. The number of likely N-dealkylation sites (tertiary alicyclic amines) is 1. The van der Waals surface area contributed by atoms with E-state index in [9.17, 15) is 0 Å². The van der Waals surface area contributed by atoms with E-state index in [1.54, 1.807) is 13.3 Å². The number of aromatic nitrogens is 1. The Bertz CT molecular complexity index is 515. The molecule has 0 radical (unpaired) electrons. The summed E-state index contributed by atoms with van der Waals surface area (Å²) >= 11 is 0. The third kappa shape index (κ3) is 3.90. The topological polar surface area (TPSA) is 43.8 Å². The van der Waals surface area contributed by atoms with Crippen molar-refractivity contribution in [3.8, 4) is 5.88 Å². The van der Waals surface area contributed by atoms with E-state index in [1.807, 2.05) is 6.07 Å². The summed E-state index contributed by atoms with van der Waals surface area (Å²) in [6.07, 6.45) is 6.33. The van der Waals surface area contributed by atoms with Crippen molar-refractivity contribution in [3.05, 3.63) is 23.9 Å². The van der Waals surface area contributed by atoms with Crippen molar-refractivity contribution >= 4 is 0 Å². The fraction of sp³-hybridized carbons (Fsp3) is 0.737. The number of nitrogens with zero attached hydrogens (tertiary/aromatic N) is 2. The molecular formula is C19H30N2O3. The predicted molar refractivity (Wildman–Crippen MR) is 93.2 cm³/mol. The van der Waals surface area contributed by atoms with E-state index in [1.165, 1.54) is 6.42 Å². The maximum atomic E-state index is 6.25. The molecule has 0 amide bonds. The van der Waals surface area contributed by atoms with E-state index in [0.29, 0.717) is 5.92 Å². The minimum Gasteiger partial charge on any atom is -0.481 e. The van der Waals surface area contributed by atoms with Crippen molar-refractivity contribution in [2.75, 3.05) is 40.0 Å². The molecule has 5 heteroatoms. The molecule has 3 rings (SSSR count). The zero-order valence-electron chi connectivity index (χ0n) is 15.0. The number of ether oxygens (including phenoxy) is 3. The largest absolute Gasteiger partial charge is 0.481 e. The van der Waals surface area contributed by atoms with Crippen molar-refractivity contribution in [1.29, 1.82) is 0 Å². The minimum atomic E-state index is 0.0899. The van der Waals surface area contributed by atoms with Crippen molar-refractivity contribution in [3.63, 3.8) is 0 Å². The van der Waals surface area contributed by atoms with Crippen LogP contribution in [0.3, 0.4) is 0 Å². The van der Waals surface area contributed by atoms with Gasteiger partial charge in [-0.3, -0.25) is 4.90 Å². The SMILES string of the molecule is CCOCC[C@@H]1CCOC12CCN(Cc1cccnc1OC)CC2. The molecule has 1 aromatic heterocycles. The van der Waals surface area contributed by atoms with E-state index in [2.05, 4.69) is 22.9 Å². The number of pyridine rings is 1. The average molecular weight is 334 g/mol. The van der Waals surface area contributed by atoms with Crippen LogP contribution in [0.5, 0.6) is 5.88 Å². The minimum absolute atomic E-state index is 0.0899. The first kappa shape index (κ1) is 17.6. The standard InChI is InChI=1S/C19H30N2O3/c1-3-23-13-6-17-7-14-24-19(17)8-11-21(12-9-19)15-16-5-4-10-20-18(16)22-2/h4-5,10,17H,3,6-9,11-15H2,1-2H3/t17-/m1/s1. The summed E-state index contributed by atoms with van der Waals surface area (Å²) in [5, 5.41) is 0. The Morgan fingerprint density at radius 3 is 2.96 bits per heavy atom. The molecule has 0 aliphatic carbocycles. The van der Waals surface area contributed by atoms with Crippen LogP contribution < -0.4 is 4.74 Å². The first-order chi connectivity index (χ1) is 11.8. The summed E-state index contributed by atoms with van der Waals surface area (Å²) in [7, 11) is 1.69. The second kappa shape index (κ2) is 8.28. The molecule has 2 fully saturated rings. The third-order valence-corrected chi connectivity index (χ3v) is 5.55. The highest BCUT2D eigenvalue weighted by molar-refractivity contribution is 5.25. The molecule has 1 aromatic rings. The monoisotopic (exact) mass is 334 g/mol. The summed E-state index contributed by atoms with van der Waals surface area (Å²) in [4.78, 5) is 6.79. The fourth-order valence-electron chi connectivity index (χ4n) is 4.17. The molecule has 0 unspecified atom stereocenters. The van der Waals surface area contributed by atoms with E-state index >= 15 is 0 Å². The highest BCUT2D eigenvalue weighted by Gasteiger charge is 2.45. The molecule has 1 spiro atoms. The van der Waals surface area contributed by atoms with Crippen molar-refractivity contribution < 1.29 is 14.2 Å². The fourth-order valence-corrected chi connectivity index (χ4v) is 4.17. The van der Waals surface area contributed by atoms with Gasteiger partial charge < -0.3 is 14.2 Å². The van der Waals surface area contributed by atoms with Gasteiger partial charge in [0.2, 0.25) is 5.88 Å². The zero-order chi connectivity index (χ0) is 16.8. The lowest BCUT2D eigenvalue weighted by Gasteiger charge is -2.42. The third-order valence-electron chi connectivity index (χ3n) is 5.55. The number of hydrogen-bond acceptors (Lipinski definition) is 5.